The number of pyridine rings is 1. The predicted octanol–water partition coefficient (Wildman–Crippen LogP) is 7.89. The smallest absolute Gasteiger partial charge is 0.435 e. The summed E-state index contributed by atoms with van der Waals surface area (Å²) in [7, 11) is -8.59. The highest BCUT2D eigenvalue weighted by Gasteiger charge is 2.68. The number of anilines is 1. The van der Waals surface area contributed by atoms with Crippen LogP contribution in [0, 0.1) is 29.4 Å². The van der Waals surface area contributed by atoms with Crippen molar-refractivity contribution in [3.05, 3.63) is 93.0 Å². The summed E-state index contributed by atoms with van der Waals surface area (Å²) in [5.74, 6) is -16.7. The van der Waals surface area contributed by atoms with Gasteiger partial charge in [0.2, 0.25) is 21.8 Å². The Kier molecular flexibility index (Phi) is 12.9. The van der Waals surface area contributed by atoms with Crippen molar-refractivity contribution in [3.63, 3.8) is 0 Å². The van der Waals surface area contributed by atoms with E-state index >= 15 is 8.78 Å². The first-order valence-electron chi connectivity index (χ1n) is 21.6. The van der Waals surface area contributed by atoms with Gasteiger partial charge in [0.25, 0.3) is 5.92 Å². The number of alkyl halides is 8. The van der Waals surface area contributed by atoms with Gasteiger partial charge in [-0.2, -0.15) is 49.6 Å². The number of rotatable bonds is 16. The first kappa shape index (κ1) is 52.5. The Morgan fingerprint density at radius 2 is 1.56 bits per heavy atom. The summed E-state index contributed by atoms with van der Waals surface area (Å²) in [5, 5.41) is 18.2. The van der Waals surface area contributed by atoms with Crippen molar-refractivity contribution >= 4 is 66.0 Å². The van der Waals surface area contributed by atoms with E-state index in [1.807, 2.05) is 0 Å². The van der Waals surface area contributed by atoms with Gasteiger partial charge in [-0.05, 0) is 81.7 Å². The molecule has 2 N–H and O–H groups in total. The molecule has 0 spiro atoms. The minimum absolute atomic E-state index is 0.0298. The molecule has 2 fully saturated rings. The van der Waals surface area contributed by atoms with Crippen LogP contribution in [-0.4, -0.2) is 87.7 Å². The Hall–Kier alpha value is -5.83. The molecule has 2 saturated carbocycles. The molecule has 388 valence electrons. The van der Waals surface area contributed by atoms with Gasteiger partial charge >= 0.3 is 18.3 Å². The molecule has 3 aliphatic rings. The number of carbonyl (C=O) groups is 3. The molecular weight excluding hydrogens is 1040 g/mol. The lowest BCUT2D eigenvalue weighted by Crippen LogP contribution is -2.38. The molecule has 2 aromatic carbocycles. The second-order valence-corrected chi connectivity index (χ2v) is 23.7. The summed E-state index contributed by atoms with van der Waals surface area (Å²) in [5.41, 5.74) is -5.39. The van der Waals surface area contributed by atoms with E-state index in [1.54, 1.807) is 0 Å². The molecule has 72 heavy (non-hydrogen) atoms. The van der Waals surface area contributed by atoms with Crippen molar-refractivity contribution in [3.8, 4) is 11.1 Å². The zero-order chi connectivity index (χ0) is 53.2. The maximum absolute atomic E-state index is 15.6. The maximum atomic E-state index is 15.6. The quantitative estimate of drug-likeness (QED) is 0.0910. The number of sulfone groups is 1. The van der Waals surface area contributed by atoms with E-state index < -0.39 is 160 Å². The van der Waals surface area contributed by atoms with Crippen molar-refractivity contribution in [1.29, 1.82) is 0 Å². The van der Waals surface area contributed by atoms with E-state index in [9.17, 15) is 71.4 Å². The van der Waals surface area contributed by atoms with E-state index in [1.165, 1.54) is 26.0 Å². The number of fused-ring (bicyclic) bond motifs is 4. The van der Waals surface area contributed by atoms with Crippen molar-refractivity contribution in [2.45, 2.75) is 94.0 Å². The Labute approximate surface area is 407 Å². The molecule has 1 unspecified atom stereocenters. The summed E-state index contributed by atoms with van der Waals surface area (Å²) in [6.07, 6.45) is -10.5. The third kappa shape index (κ3) is 9.98. The summed E-state index contributed by atoms with van der Waals surface area (Å²) < 4.78 is 198. The SMILES string of the molecule is CC(C)(CCc1ccc(-c2ccc(Cl)c3c(N(C(=O)[C@@H]4C[C@H]4C(=O)O)S(C)(=O)=O)nn(CC(F)(F)F)c23)c([C@H](Cc2cc(F)cc(F)c2)NC(=O)Cn2nc(C(F)(F)F)c3c2C(F)(F)C2C[C@H]32)n1)S(C)(=O)=O. The van der Waals surface area contributed by atoms with Gasteiger partial charge in [-0.3, -0.25) is 28.7 Å². The third-order valence-corrected chi connectivity index (χ3v) is 16.6. The third-order valence-electron chi connectivity index (χ3n) is 13.1. The molecule has 8 rings (SSSR count). The highest BCUT2D eigenvalue weighted by molar-refractivity contribution is 7.93. The molecule has 5 aromatic rings. The minimum Gasteiger partial charge on any atom is -0.481 e. The molecular formula is C44H40ClF10N7O8S2. The van der Waals surface area contributed by atoms with Crippen LogP contribution >= 0.6 is 11.6 Å². The predicted molar refractivity (Wildman–Crippen MR) is 236 cm³/mol. The number of carboxylic acid groups (broad SMARTS) is 1. The Balaban J connectivity index is 1.34. The van der Waals surface area contributed by atoms with Crippen molar-refractivity contribution < 1.29 is 80.2 Å². The molecule has 0 saturated heterocycles. The van der Waals surface area contributed by atoms with Gasteiger partial charge < -0.3 is 10.4 Å². The fourth-order valence-corrected chi connectivity index (χ4v) is 10.7. The second kappa shape index (κ2) is 17.7. The van der Waals surface area contributed by atoms with Crippen LogP contribution in [0.2, 0.25) is 5.02 Å². The number of aliphatic carboxylic acids is 1. The number of benzene rings is 2. The molecule has 2 amide bonds. The molecule has 28 heteroatoms. The minimum atomic E-state index is -5.22. The van der Waals surface area contributed by atoms with Gasteiger partial charge in [-0.25, -0.2) is 25.6 Å². The van der Waals surface area contributed by atoms with Gasteiger partial charge in [0.15, 0.2) is 21.3 Å². The molecule has 3 heterocycles. The molecule has 3 aliphatic carbocycles. The van der Waals surface area contributed by atoms with Gasteiger partial charge in [0.1, 0.15) is 30.4 Å². The molecule has 0 radical (unpaired) electrons. The van der Waals surface area contributed by atoms with E-state index in [-0.39, 0.29) is 67.4 Å². The van der Waals surface area contributed by atoms with Crippen LogP contribution in [0.1, 0.15) is 79.0 Å². The molecule has 15 nitrogen and oxygen atoms in total. The molecule has 5 atom stereocenters. The number of hydrogen-bond donors (Lipinski definition) is 2. The van der Waals surface area contributed by atoms with Crippen LogP contribution in [0.3, 0.4) is 0 Å². The van der Waals surface area contributed by atoms with Crippen LogP contribution in [-0.2, 0) is 72.3 Å². The second-order valence-electron chi connectivity index (χ2n) is 18.8. The molecule has 0 bridgehead atoms. The lowest BCUT2D eigenvalue weighted by atomic mass is 9.93. The first-order valence-corrected chi connectivity index (χ1v) is 25.7. The van der Waals surface area contributed by atoms with Crippen molar-refractivity contribution in [2.24, 2.45) is 17.8 Å². The highest BCUT2D eigenvalue weighted by Crippen LogP contribution is 2.68. The van der Waals surface area contributed by atoms with Crippen molar-refractivity contribution in [2.75, 3.05) is 16.8 Å². The Morgan fingerprint density at radius 1 is 0.917 bits per heavy atom. The number of aromatic nitrogens is 5. The van der Waals surface area contributed by atoms with Crippen LogP contribution in [0.25, 0.3) is 22.0 Å². The fraction of sp³-hybridized carbons (Fsp3) is 0.455. The monoisotopic (exact) mass is 1080 g/mol. The lowest BCUT2D eigenvalue weighted by Gasteiger charge is -2.25. The van der Waals surface area contributed by atoms with Crippen LogP contribution in [0.5, 0.6) is 0 Å². The summed E-state index contributed by atoms with van der Waals surface area (Å²) in [6, 6.07) is 5.09. The zero-order valence-electron chi connectivity index (χ0n) is 37.8. The summed E-state index contributed by atoms with van der Waals surface area (Å²) >= 11 is 6.63. The van der Waals surface area contributed by atoms with Gasteiger partial charge in [-0.1, -0.05) is 23.7 Å². The molecule has 3 aromatic heterocycles. The van der Waals surface area contributed by atoms with Crippen LogP contribution < -0.4 is 9.62 Å². The average molecular weight is 1080 g/mol. The van der Waals surface area contributed by atoms with E-state index in [0.29, 0.717) is 12.3 Å². The standard InChI is InChI=1S/C44H40ClF10N7O8S2/c1-41(2,71(3,67)68)10-9-22-5-6-23(24-7-8-29(45)33-35(24)61(18-42(48,49)50)59-38(33)62(72(4,69)70)39(64)25-15-26(25)40(65)66)34(56-22)30(13-19-11-20(46)14-21(47)12-19)57-31(63)17-60-37-32(36(58-60)44(53,54)55)27-16-28(27)43(37,51)52/h5-8,11-12,14,25-28,30H,9-10,13,15-18H2,1-4H3,(H,57,63)(H,65,66)/t25-,26-,27+,28?,30+/m1/s1. The number of halogens is 11. The zero-order valence-corrected chi connectivity index (χ0v) is 40.2. The van der Waals surface area contributed by atoms with E-state index in [4.69, 9.17) is 11.6 Å². The Morgan fingerprint density at radius 3 is 2.12 bits per heavy atom. The number of nitrogens with zero attached hydrogens (tertiary/aromatic N) is 6. The van der Waals surface area contributed by atoms with Gasteiger partial charge in [-0.15, -0.1) is 0 Å². The number of sulfonamides is 1. The topological polar surface area (TPSA) is 204 Å². The largest absolute Gasteiger partial charge is 0.481 e. The normalized spacial score (nSPS) is 20.0. The van der Waals surface area contributed by atoms with E-state index in [0.717, 1.165) is 30.5 Å². The number of amides is 2. The fourth-order valence-electron chi connectivity index (χ4n) is 9.14. The lowest BCUT2D eigenvalue weighted by molar-refractivity contribution is -0.143. The van der Waals surface area contributed by atoms with Gasteiger partial charge in [0, 0.05) is 40.6 Å². The Bertz CT molecular complexity index is 3300. The number of hydrogen-bond acceptors (Lipinski definition) is 10. The molecule has 0 aliphatic heterocycles. The first-order chi connectivity index (χ1) is 33.1. The number of carbonyl (C=O) groups excluding carboxylic acids is 2. The van der Waals surface area contributed by atoms with Crippen LogP contribution in [0.4, 0.5) is 49.7 Å². The number of nitrogens with one attached hydrogen (secondary N) is 1. The maximum Gasteiger partial charge on any atom is 0.435 e. The summed E-state index contributed by atoms with van der Waals surface area (Å²) in [4.78, 5) is 44.4. The van der Waals surface area contributed by atoms with Gasteiger partial charge in [0.05, 0.1) is 50.5 Å². The van der Waals surface area contributed by atoms with Crippen molar-refractivity contribution in [1.82, 2.24) is 29.9 Å². The van der Waals surface area contributed by atoms with E-state index in [2.05, 4.69) is 20.5 Å². The van der Waals surface area contributed by atoms with Crippen LogP contribution in [0.15, 0.2) is 42.5 Å². The average Bonchev–Trinajstić information content (AvgIpc) is 4.12. The number of aryl methyl sites for hydroxylation is 1. The summed E-state index contributed by atoms with van der Waals surface area (Å²) in [6.45, 7) is -0.483. The highest BCUT2D eigenvalue weighted by atomic mass is 35.5. The number of carboxylic acids is 1.